The third kappa shape index (κ3) is 11.0. The molecule has 3 rings (SSSR count). The number of carbonyl (C=O) groups is 2. The number of aromatic nitrogens is 4. The summed E-state index contributed by atoms with van der Waals surface area (Å²) in [5, 5.41) is 30.5. The minimum Gasteiger partial charge on any atom is -0.492 e. The number of ether oxygens (including phenoxy) is 2. The molecular weight excluding hydrogens is 540 g/mol. The molecule has 16 nitrogen and oxygen atoms in total. The number of hydrazone groups is 1. The van der Waals surface area contributed by atoms with E-state index in [1.807, 2.05) is 19.1 Å². The Labute approximate surface area is 236 Å². The second kappa shape index (κ2) is 17.0. The molecule has 0 aliphatic rings. The predicted octanol–water partition coefficient (Wildman–Crippen LogP) is 0.858. The minimum atomic E-state index is -1.83. The van der Waals surface area contributed by atoms with Gasteiger partial charge in [0.25, 0.3) is 5.56 Å². The Hall–Kier alpha value is -4.86. The van der Waals surface area contributed by atoms with Gasteiger partial charge in [0.15, 0.2) is 11.6 Å². The molecule has 0 bridgehead atoms. The highest BCUT2D eigenvalue weighted by Gasteiger charge is 2.18. The molecule has 0 fully saturated rings. The Bertz CT molecular complexity index is 1360. The smallest absolute Gasteiger partial charge is 0.492 e. The topological polar surface area (TPSA) is 256 Å². The summed E-state index contributed by atoms with van der Waals surface area (Å²) >= 11 is 0. The van der Waals surface area contributed by atoms with Crippen LogP contribution in [0.2, 0.25) is 0 Å². The lowest BCUT2D eigenvalue weighted by atomic mass is 10.1. The zero-order valence-electron chi connectivity index (χ0n) is 23.5. The molecule has 0 aliphatic carbocycles. The summed E-state index contributed by atoms with van der Waals surface area (Å²) < 4.78 is 14.3. The molecule has 3 aromatic rings. The van der Waals surface area contributed by atoms with E-state index >= 15 is 0 Å². The van der Waals surface area contributed by atoms with E-state index in [0.29, 0.717) is 42.4 Å². The molecule has 226 valence electrons. The number of fused-ring (bicyclic) bond motifs is 1. The van der Waals surface area contributed by atoms with Crippen molar-refractivity contribution in [1.82, 2.24) is 19.3 Å². The molecular formula is C25H38N8O8. The lowest BCUT2D eigenvalue weighted by Crippen LogP contribution is -2.27. The normalized spacial score (nSPS) is 10.9. The average Bonchev–Trinajstić information content (AvgIpc) is 3.21. The summed E-state index contributed by atoms with van der Waals surface area (Å²) in [5.74, 6) is 4.71. The van der Waals surface area contributed by atoms with Crippen LogP contribution in [0.25, 0.3) is 11.0 Å². The molecule has 0 saturated carbocycles. The van der Waals surface area contributed by atoms with E-state index < -0.39 is 18.2 Å². The molecule has 1 atom stereocenters. The molecule has 0 spiro atoms. The summed E-state index contributed by atoms with van der Waals surface area (Å²) in [4.78, 5) is 37.5. The maximum absolute atomic E-state index is 13.0. The van der Waals surface area contributed by atoms with Crippen molar-refractivity contribution >= 4 is 29.1 Å². The van der Waals surface area contributed by atoms with Crippen molar-refractivity contribution in [3.8, 4) is 5.75 Å². The van der Waals surface area contributed by atoms with Crippen LogP contribution in [0.15, 0.2) is 34.2 Å². The summed E-state index contributed by atoms with van der Waals surface area (Å²) in [6.07, 6.45) is -0.696. The second-order valence-electron chi connectivity index (χ2n) is 8.45. The zero-order valence-corrected chi connectivity index (χ0v) is 23.5. The van der Waals surface area contributed by atoms with Gasteiger partial charge in [-0.25, -0.2) is 14.6 Å². The number of carboxylic acids is 1. The Morgan fingerprint density at radius 2 is 1.71 bits per heavy atom. The minimum absolute atomic E-state index is 0.0926. The van der Waals surface area contributed by atoms with E-state index in [1.54, 1.807) is 35.4 Å². The van der Waals surface area contributed by atoms with Crippen LogP contribution >= 0.6 is 0 Å². The number of nitrogens with zero attached hydrogens (tertiary/aromatic N) is 5. The molecule has 41 heavy (non-hydrogen) atoms. The molecule has 1 unspecified atom stereocenters. The van der Waals surface area contributed by atoms with Gasteiger partial charge in [0.2, 0.25) is 5.96 Å². The maximum atomic E-state index is 13.0. The Morgan fingerprint density at radius 3 is 2.20 bits per heavy atom. The summed E-state index contributed by atoms with van der Waals surface area (Å²) in [6.45, 7) is 6.65. The van der Waals surface area contributed by atoms with Crippen molar-refractivity contribution in [2.75, 3.05) is 13.2 Å². The van der Waals surface area contributed by atoms with E-state index in [-0.39, 0.29) is 17.9 Å². The number of rotatable bonds is 11. The fraction of sp³-hybridized carbons (Fsp3) is 0.440. The van der Waals surface area contributed by atoms with Gasteiger partial charge in [0.05, 0.1) is 12.2 Å². The number of hydrogen-bond acceptors (Lipinski definition) is 9. The summed E-state index contributed by atoms with van der Waals surface area (Å²) in [5.41, 5.74) is 12.1. The first-order valence-electron chi connectivity index (χ1n) is 12.6. The molecule has 1 aromatic carbocycles. The lowest BCUT2D eigenvalue weighted by Gasteiger charge is -2.13. The first-order valence-corrected chi connectivity index (χ1v) is 12.6. The number of carboxylic acid groups (broad SMARTS) is 3. The van der Waals surface area contributed by atoms with Gasteiger partial charge in [-0.05, 0) is 38.0 Å². The van der Waals surface area contributed by atoms with Gasteiger partial charge in [-0.15, -0.1) is 5.10 Å². The van der Waals surface area contributed by atoms with E-state index in [1.165, 1.54) is 0 Å². The number of nitrogens with two attached hydrogens (primary N) is 3. The van der Waals surface area contributed by atoms with Gasteiger partial charge in [-0.2, -0.15) is 5.10 Å². The van der Waals surface area contributed by atoms with Crippen molar-refractivity contribution in [3.63, 3.8) is 0 Å². The van der Waals surface area contributed by atoms with Crippen LogP contribution in [0.1, 0.15) is 37.4 Å². The summed E-state index contributed by atoms with van der Waals surface area (Å²) in [6, 6.07) is 7.21. The van der Waals surface area contributed by atoms with Gasteiger partial charge in [-0.1, -0.05) is 25.5 Å². The molecule has 16 heteroatoms. The Kier molecular flexibility index (Phi) is 14.1. The van der Waals surface area contributed by atoms with Gasteiger partial charge in [-0.3, -0.25) is 14.0 Å². The highest BCUT2D eigenvalue weighted by Crippen LogP contribution is 2.16. The van der Waals surface area contributed by atoms with Crippen LogP contribution in [0, 0.1) is 6.92 Å². The zero-order chi connectivity index (χ0) is 31.1. The van der Waals surface area contributed by atoms with Crippen molar-refractivity contribution in [3.05, 3.63) is 51.7 Å². The average molecular weight is 579 g/mol. The molecule has 0 amide bonds. The predicted molar refractivity (Wildman–Crippen MR) is 151 cm³/mol. The van der Waals surface area contributed by atoms with E-state index in [9.17, 15) is 14.7 Å². The van der Waals surface area contributed by atoms with Crippen LogP contribution in [0.4, 0.5) is 4.79 Å². The lowest BCUT2D eigenvalue weighted by molar-refractivity contribution is -0.149. The van der Waals surface area contributed by atoms with E-state index in [4.69, 9.17) is 35.9 Å². The van der Waals surface area contributed by atoms with Crippen LogP contribution < -0.4 is 27.6 Å². The van der Waals surface area contributed by atoms with Crippen molar-refractivity contribution < 1.29 is 34.4 Å². The first kappa shape index (κ1) is 34.2. The molecule has 2 heterocycles. The van der Waals surface area contributed by atoms with Crippen LogP contribution in [0.3, 0.4) is 0 Å². The molecule has 0 radical (unpaired) electrons. The van der Waals surface area contributed by atoms with Crippen molar-refractivity contribution in [2.45, 2.75) is 52.7 Å². The van der Waals surface area contributed by atoms with Gasteiger partial charge < -0.3 is 42.1 Å². The maximum Gasteiger partial charge on any atom is 0.503 e. The second-order valence-corrected chi connectivity index (χ2v) is 8.45. The first-order chi connectivity index (χ1) is 19.4. The highest BCUT2D eigenvalue weighted by molar-refractivity contribution is 5.76. The van der Waals surface area contributed by atoms with Crippen LogP contribution in [0.5, 0.6) is 5.75 Å². The number of guanidine groups is 1. The highest BCUT2D eigenvalue weighted by atomic mass is 16.6. The van der Waals surface area contributed by atoms with Gasteiger partial charge >= 0.3 is 12.1 Å². The summed E-state index contributed by atoms with van der Waals surface area (Å²) in [7, 11) is 1.77. The van der Waals surface area contributed by atoms with Gasteiger partial charge in [0.1, 0.15) is 23.7 Å². The number of benzene rings is 1. The molecule has 9 N–H and O–H groups in total. The van der Waals surface area contributed by atoms with Crippen molar-refractivity contribution in [2.24, 2.45) is 29.5 Å². The Morgan fingerprint density at radius 1 is 1.12 bits per heavy atom. The SMILES string of the molecule is CCCc1nn(C)c2c(=O)n(CCOc3ccc(CC(OCC)C(=O)O)cc3)c(C)nc12.NN=C(N)N.O=C(O)O. The monoisotopic (exact) mass is 578 g/mol. The third-order valence-corrected chi connectivity index (χ3v) is 5.41. The van der Waals surface area contributed by atoms with Gasteiger partial charge in [0, 0.05) is 20.1 Å². The quantitative estimate of drug-likeness (QED) is 0.0799. The Balaban J connectivity index is 0.000000814. The third-order valence-electron chi connectivity index (χ3n) is 5.41. The fourth-order valence-electron chi connectivity index (χ4n) is 3.70. The largest absolute Gasteiger partial charge is 0.503 e. The van der Waals surface area contributed by atoms with E-state index in [0.717, 1.165) is 24.1 Å². The van der Waals surface area contributed by atoms with Crippen LogP contribution in [-0.4, -0.2) is 72.1 Å². The standard InChI is InChI=1S/C23H30N4O5.CH6N4.CH2O3/c1-5-7-18-20-21(26(4)25-18)22(28)27(15(3)24-20)12-13-32-17-10-8-16(9-11-17)14-19(23(29)30)31-6-2;2-1(3)5-4;2-1(3)4/h8-11,19H,5-7,12-14H2,1-4H3,(H,29,30);4H2,(H4,2,3,5);(H2,2,3,4). The van der Waals surface area contributed by atoms with Crippen LogP contribution in [-0.2, 0) is 36.0 Å². The number of aryl methyl sites for hydroxylation is 3. The van der Waals surface area contributed by atoms with Crippen molar-refractivity contribution in [1.29, 1.82) is 0 Å². The number of aliphatic carboxylic acids is 1. The molecule has 2 aromatic heterocycles. The molecule has 0 aliphatic heterocycles. The molecule has 0 saturated heterocycles. The number of hydrogen-bond donors (Lipinski definition) is 6. The van der Waals surface area contributed by atoms with E-state index in [2.05, 4.69) is 28.0 Å². The fourth-order valence-corrected chi connectivity index (χ4v) is 3.70.